The second-order valence-electron chi connectivity index (χ2n) is 6.55. The van der Waals surface area contributed by atoms with Crippen LogP contribution in [-0.4, -0.2) is 0 Å². The third kappa shape index (κ3) is 3.92. The average molecular weight is 497 g/mol. The zero-order valence-electron chi connectivity index (χ0n) is 15.4. The van der Waals surface area contributed by atoms with Gasteiger partial charge in [0, 0.05) is 38.9 Å². The van der Waals surface area contributed by atoms with E-state index in [0.717, 1.165) is 12.1 Å². The van der Waals surface area contributed by atoms with Crippen LogP contribution in [0.25, 0.3) is 33.4 Å². The van der Waals surface area contributed by atoms with Gasteiger partial charge in [-0.3, -0.25) is 0 Å². The molecule has 0 saturated carbocycles. The summed E-state index contributed by atoms with van der Waals surface area (Å²) in [5, 5.41) is 0.0611. The molecule has 155 valence electrons. The Balaban J connectivity index is 2.27. The van der Waals surface area contributed by atoms with Crippen LogP contribution in [0.1, 0.15) is 0 Å². The van der Waals surface area contributed by atoms with E-state index < -0.39 is 23.0 Å². The molecule has 0 aliphatic rings. The molecule has 0 fully saturated rings. The Morgan fingerprint density at radius 1 is 0.484 bits per heavy atom. The highest BCUT2D eigenvalue weighted by molar-refractivity contribution is 6.41. The van der Waals surface area contributed by atoms with Crippen LogP contribution in [-0.2, 0) is 0 Å². The summed E-state index contributed by atoms with van der Waals surface area (Å²) in [7, 11) is 0. The predicted octanol–water partition coefficient (Wildman–Crippen LogP) is 9.52. The zero-order chi connectivity index (χ0) is 22.3. The van der Waals surface area contributed by atoms with Crippen molar-refractivity contribution in [3.63, 3.8) is 0 Å². The first kappa shape index (κ1) is 22.0. The van der Waals surface area contributed by atoms with Crippen LogP contribution < -0.4 is 0 Å². The van der Waals surface area contributed by atoms with Crippen LogP contribution in [0.15, 0.2) is 60.7 Å². The van der Waals surface area contributed by atoms with Crippen LogP contribution in [0.4, 0.5) is 13.2 Å². The highest BCUT2D eigenvalue weighted by Crippen LogP contribution is 2.51. The van der Waals surface area contributed by atoms with Gasteiger partial charge in [-0.05, 0) is 30.3 Å². The van der Waals surface area contributed by atoms with Crippen molar-refractivity contribution in [3.8, 4) is 33.4 Å². The van der Waals surface area contributed by atoms with Gasteiger partial charge in [-0.2, -0.15) is 0 Å². The molecule has 31 heavy (non-hydrogen) atoms. The van der Waals surface area contributed by atoms with Gasteiger partial charge in [-0.25, -0.2) is 13.2 Å². The molecule has 0 saturated heterocycles. The molecule has 0 spiro atoms. The van der Waals surface area contributed by atoms with Gasteiger partial charge in [0.1, 0.15) is 17.5 Å². The molecular formula is C24H10Cl4F3. The van der Waals surface area contributed by atoms with Crippen molar-refractivity contribution in [1.29, 1.82) is 0 Å². The van der Waals surface area contributed by atoms with Gasteiger partial charge in [-0.15, -0.1) is 0 Å². The Morgan fingerprint density at radius 3 is 1.55 bits per heavy atom. The van der Waals surface area contributed by atoms with Gasteiger partial charge >= 0.3 is 0 Å². The number of benzene rings is 4. The third-order valence-corrected chi connectivity index (χ3v) is 5.94. The molecule has 0 heterocycles. The monoisotopic (exact) mass is 495 g/mol. The lowest BCUT2D eigenvalue weighted by Gasteiger charge is -2.21. The van der Waals surface area contributed by atoms with Gasteiger partial charge in [0.15, 0.2) is 0 Å². The van der Waals surface area contributed by atoms with Crippen molar-refractivity contribution in [2.24, 2.45) is 0 Å². The van der Waals surface area contributed by atoms with Crippen molar-refractivity contribution in [1.82, 2.24) is 0 Å². The minimum absolute atomic E-state index is 0.0471. The van der Waals surface area contributed by atoms with Gasteiger partial charge in [0.2, 0.25) is 0 Å². The van der Waals surface area contributed by atoms with Crippen molar-refractivity contribution in [3.05, 3.63) is 104 Å². The van der Waals surface area contributed by atoms with E-state index in [1.165, 1.54) is 24.3 Å². The van der Waals surface area contributed by atoms with E-state index in [0.29, 0.717) is 5.56 Å². The normalized spacial score (nSPS) is 11.1. The van der Waals surface area contributed by atoms with Crippen molar-refractivity contribution < 1.29 is 13.2 Å². The minimum atomic E-state index is -0.864. The van der Waals surface area contributed by atoms with E-state index >= 15 is 0 Å². The molecular weight excluding hydrogens is 487 g/mol. The van der Waals surface area contributed by atoms with E-state index in [1.54, 1.807) is 24.3 Å². The Kier molecular flexibility index (Phi) is 6.23. The predicted molar refractivity (Wildman–Crippen MR) is 121 cm³/mol. The first-order valence-electron chi connectivity index (χ1n) is 8.89. The highest BCUT2D eigenvalue weighted by Gasteiger charge is 2.28. The summed E-state index contributed by atoms with van der Waals surface area (Å²) >= 11 is 25.6. The Hall–Kier alpha value is -2.17. The molecule has 4 rings (SSSR count). The maximum Gasteiger partial charge on any atom is 0.134 e. The summed E-state index contributed by atoms with van der Waals surface area (Å²) in [5.74, 6) is -2.41. The first-order valence-corrected chi connectivity index (χ1v) is 10.4. The Bertz CT molecular complexity index is 1200. The molecule has 1 radical (unpaired) electrons. The van der Waals surface area contributed by atoms with E-state index in [1.807, 2.05) is 0 Å². The summed E-state index contributed by atoms with van der Waals surface area (Å²) in [6.45, 7) is 0. The van der Waals surface area contributed by atoms with Gasteiger partial charge in [0.05, 0.1) is 20.6 Å². The van der Waals surface area contributed by atoms with Crippen LogP contribution in [0.2, 0.25) is 20.1 Å². The van der Waals surface area contributed by atoms with Crippen molar-refractivity contribution >= 4 is 46.4 Å². The molecule has 7 heteroatoms. The summed E-state index contributed by atoms with van der Waals surface area (Å²) < 4.78 is 44.6. The second kappa shape index (κ2) is 8.76. The molecule has 0 atom stereocenters. The number of halogens is 7. The van der Waals surface area contributed by atoms with Crippen LogP contribution >= 0.6 is 46.4 Å². The topological polar surface area (TPSA) is 0 Å². The quantitative estimate of drug-likeness (QED) is 0.265. The summed E-state index contributed by atoms with van der Waals surface area (Å²) in [6, 6.07) is 16.8. The fourth-order valence-corrected chi connectivity index (χ4v) is 4.54. The molecule has 4 aromatic carbocycles. The summed E-state index contributed by atoms with van der Waals surface area (Å²) in [5.41, 5.74) is 0.00680. The number of hydrogen-bond acceptors (Lipinski definition) is 0. The van der Waals surface area contributed by atoms with Crippen molar-refractivity contribution in [2.75, 3.05) is 0 Å². The van der Waals surface area contributed by atoms with Crippen LogP contribution in [0.5, 0.6) is 0 Å². The standard InChI is InChI=1S/C24H10Cl4F3/c25-13-6-2-1-5-12(13)20-22(21-14(26)7-3-8-17(21)29)15(27)11-16(28)23(20)24-18(30)9-4-10-19(24)31/h1-10H. The molecule has 0 aliphatic carbocycles. The Morgan fingerprint density at radius 2 is 0.968 bits per heavy atom. The van der Waals surface area contributed by atoms with Gasteiger partial charge in [-0.1, -0.05) is 76.7 Å². The fraction of sp³-hybridized carbons (Fsp3) is 0. The van der Waals surface area contributed by atoms with Crippen LogP contribution in [0, 0.1) is 23.5 Å². The summed E-state index contributed by atoms with van der Waals surface area (Å²) in [6.07, 6.45) is 0. The zero-order valence-corrected chi connectivity index (χ0v) is 18.4. The highest BCUT2D eigenvalue weighted by atomic mass is 35.5. The molecule has 0 aromatic heterocycles. The average Bonchev–Trinajstić information content (AvgIpc) is 2.71. The molecule has 0 unspecified atom stereocenters. The molecule has 0 nitrogen and oxygen atoms in total. The lowest BCUT2D eigenvalue weighted by Crippen LogP contribution is -1.99. The Labute approximate surface area is 196 Å². The first-order chi connectivity index (χ1) is 14.8. The molecule has 4 aromatic rings. The molecule has 0 aliphatic heterocycles. The van der Waals surface area contributed by atoms with Crippen LogP contribution in [0.3, 0.4) is 0 Å². The van der Waals surface area contributed by atoms with Gasteiger partial charge in [0.25, 0.3) is 0 Å². The fourth-order valence-electron chi connectivity index (χ4n) is 3.44. The number of rotatable bonds is 3. The van der Waals surface area contributed by atoms with E-state index in [-0.39, 0.29) is 42.3 Å². The molecule has 0 amide bonds. The maximum absolute atomic E-state index is 14.9. The lowest BCUT2D eigenvalue weighted by atomic mass is 9.86. The van der Waals surface area contributed by atoms with Gasteiger partial charge < -0.3 is 0 Å². The van der Waals surface area contributed by atoms with E-state index in [2.05, 4.69) is 6.07 Å². The molecule has 0 N–H and O–H groups in total. The third-order valence-electron chi connectivity index (χ3n) is 4.73. The number of hydrogen-bond donors (Lipinski definition) is 0. The second-order valence-corrected chi connectivity index (χ2v) is 8.12. The van der Waals surface area contributed by atoms with E-state index in [9.17, 15) is 13.2 Å². The summed E-state index contributed by atoms with van der Waals surface area (Å²) in [4.78, 5) is 0. The lowest BCUT2D eigenvalue weighted by molar-refractivity contribution is 0.590. The SMILES string of the molecule is Fc1cccc(F)c1-c1c(Cl)[c]c(Cl)c(-c2c(F)cccc2Cl)c1-c1ccccc1Cl. The molecule has 0 bridgehead atoms. The minimum Gasteiger partial charge on any atom is -0.206 e. The van der Waals surface area contributed by atoms with Crippen molar-refractivity contribution in [2.45, 2.75) is 0 Å². The largest absolute Gasteiger partial charge is 0.206 e. The maximum atomic E-state index is 14.9. The van der Waals surface area contributed by atoms with E-state index in [4.69, 9.17) is 46.4 Å². The smallest absolute Gasteiger partial charge is 0.134 e.